The molecule has 1 aliphatic heterocycles. The predicted molar refractivity (Wildman–Crippen MR) is 118 cm³/mol. The number of hydrogen-bond acceptors (Lipinski definition) is 5. The average Bonchev–Trinajstić information content (AvgIpc) is 3.18. The van der Waals surface area contributed by atoms with E-state index < -0.39 is 15.9 Å². The van der Waals surface area contributed by atoms with Gasteiger partial charge in [-0.2, -0.15) is 0 Å². The highest BCUT2D eigenvalue weighted by molar-refractivity contribution is 7.92. The predicted octanol–water partition coefficient (Wildman–Crippen LogP) is 4.39. The van der Waals surface area contributed by atoms with Crippen LogP contribution in [0.25, 0.3) is 0 Å². The van der Waals surface area contributed by atoms with E-state index in [0.717, 1.165) is 11.1 Å². The highest BCUT2D eigenvalue weighted by Gasteiger charge is 2.20. The number of hydrogen-bond donors (Lipinski definition) is 2. The minimum Gasteiger partial charge on any atom is -0.454 e. The van der Waals surface area contributed by atoms with Crippen molar-refractivity contribution in [3.63, 3.8) is 0 Å². The zero-order valence-corrected chi connectivity index (χ0v) is 18.2. The highest BCUT2D eigenvalue weighted by atomic mass is 32.2. The van der Waals surface area contributed by atoms with Gasteiger partial charge < -0.3 is 14.8 Å². The van der Waals surface area contributed by atoms with E-state index in [9.17, 15) is 13.2 Å². The molecule has 1 aliphatic rings. The number of benzene rings is 3. The van der Waals surface area contributed by atoms with Crippen LogP contribution < -0.4 is 19.5 Å². The van der Waals surface area contributed by atoms with E-state index in [1.807, 2.05) is 19.9 Å². The second-order valence-corrected chi connectivity index (χ2v) is 9.06. The Balaban J connectivity index is 1.58. The molecule has 160 valence electrons. The number of anilines is 2. The van der Waals surface area contributed by atoms with E-state index in [4.69, 9.17) is 9.47 Å². The van der Waals surface area contributed by atoms with Crippen molar-refractivity contribution >= 4 is 27.3 Å². The lowest BCUT2D eigenvalue weighted by atomic mass is 10.1. The van der Waals surface area contributed by atoms with Crippen LogP contribution in [-0.2, 0) is 10.0 Å². The van der Waals surface area contributed by atoms with E-state index >= 15 is 0 Å². The van der Waals surface area contributed by atoms with Gasteiger partial charge in [-0.05, 0) is 73.9 Å². The number of fused-ring (bicyclic) bond motifs is 1. The molecule has 0 fully saturated rings. The maximum atomic E-state index is 13.0. The van der Waals surface area contributed by atoms with Crippen LogP contribution in [-0.4, -0.2) is 21.1 Å². The van der Waals surface area contributed by atoms with Gasteiger partial charge in [0.2, 0.25) is 6.79 Å². The Morgan fingerprint density at radius 3 is 2.29 bits per heavy atom. The van der Waals surface area contributed by atoms with Crippen molar-refractivity contribution in [2.45, 2.75) is 25.7 Å². The molecule has 0 atom stereocenters. The molecule has 0 saturated heterocycles. The third-order valence-corrected chi connectivity index (χ3v) is 6.65. The largest absolute Gasteiger partial charge is 0.454 e. The number of carbonyl (C=O) groups excluding carboxylic acids is 1. The first kappa shape index (κ1) is 20.7. The minimum atomic E-state index is -3.88. The van der Waals surface area contributed by atoms with E-state index in [1.54, 1.807) is 49.4 Å². The van der Waals surface area contributed by atoms with Crippen LogP contribution in [0.3, 0.4) is 0 Å². The molecule has 8 heteroatoms. The SMILES string of the molecule is Cc1ccc(NS(=O)(=O)c2cc(C(=O)Nc3ccc4c(c3)OCO4)ccc2C)cc1C. The number of amides is 1. The Kier molecular flexibility index (Phi) is 5.32. The molecule has 0 bridgehead atoms. The molecule has 0 aromatic heterocycles. The van der Waals surface area contributed by atoms with Crippen LogP contribution in [0.1, 0.15) is 27.0 Å². The van der Waals surface area contributed by atoms with Crippen molar-refractivity contribution in [1.82, 2.24) is 0 Å². The van der Waals surface area contributed by atoms with Crippen molar-refractivity contribution in [2.75, 3.05) is 16.8 Å². The fraction of sp³-hybridized carbons (Fsp3) is 0.174. The van der Waals surface area contributed by atoms with Crippen LogP contribution >= 0.6 is 0 Å². The zero-order chi connectivity index (χ0) is 22.2. The molecule has 4 rings (SSSR count). The lowest BCUT2D eigenvalue weighted by molar-refractivity contribution is 0.102. The van der Waals surface area contributed by atoms with E-state index in [0.29, 0.717) is 28.4 Å². The molecule has 7 nitrogen and oxygen atoms in total. The first-order chi connectivity index (χ1) is 14.7. The molecule has 3 aromatic carbocycles. The number of aryl methyl sites for hydroxylation is 3. The number of sulfonamides is 1. The summed E-state index contributed by atoms with van der Waals surface area (Å²) in [5.41, 5.74) is 3.81. The third kappa shape index (κ3) is 4.34. The molecule has 0 radical (unpaired) electrons. The smallest absolute Gasteiger partial charge is 0.262 e. The monoisotopic (exact) mass is 438 g/mol. The molecule has 1 amide bonds. The van der Waals surface area contributed by atoms with Gasteiger partial charge in [0.1, 0.15) is 0 Å². The molecule has 0 aliphatic carbocycles. The summed E-state index contributed by atoms with van der Waals surface area (Å²) in [7, 11) is -3.88. The second kappa shape index (κ2) is 7.96. The molecule has 2 N–H and O–H groups in total. The number of rotatable bonds is 5. The van der Waals surface area contributed by atoms with Crippen LogP contribution in [0.2, 0.25) is 0 Å². The Morgan fingerprint density at radius 1 is 0.806 bits per heavy atom. The van der Waals surface area contributed by atoms with E-state index in [-0.39, 0.29) is 17.3 Å². The molecule has 0 unspecified atom stereocenters. The standard InChI is InChI=1S/C23H22N2O5S/c1-14-5-7-19(10-16(14)3)25-31(27,28)22-11-17(6-4-15(22)2)23(26)24-18-8-9-20-21(12-18)30-13-29-20/h4-12,25H,13H2,1-3H3,(H,24,26). The van der Waals surface area contributed by atoms with Crippen molar-refractivity contribution in [3.8, 4) is 11.5 Å². The zero-order valence-electron chi connectivity index (χ0n) is 17.4. The maximum absolute atomic E-state index is 13.0. The molecule has 3 aromatic rings. The lowest BCUT2D eigenvalue weighted by Gasteiger charge is -2.13. The van der Waals surface area contributed by atoms with Gasteiger partial charge in [0.15, 0.2) is 11.5 Å². The topological polar surface area (TPSA) is 93.7 Å². The lowest BCUT2D eigenvalue weighted by Crippen LogP contribution is -2.17. The van der Waals surface area contributed by atoms with Gasteiger partial charge in [-0.3, -0.25) is 9.52 Å². The van der Waals surface area contributed by atoms with Crippen molar-refractivity contribution in [1.29, 1.82) is 0 Å². The van der Waals surface area contributed by atoms with Crippen LogP contribution in [0.15, 0.2) is 59.5 Å². The third-order valence-electron chi connectivity index (χ3n) is 5.13. The van der Waals surface area contributed by atoms with Crippen LogP contribution in [0.5, 0.6) is 11.5 Å². The molecular weight excluding hydrogens is 416 g/mol. The van der Waals surface area contributed by atoms with E-state index in [2.05, 4.69) is 10.0 Å². The summed E-state index contributed by atoms with van der Waals surface area (Å²) in [5, 5.41) is 2.76. The van der Waals surface area contributed by atoms with Gasteiger partial charge in [0.25, 0.3) is 15.9 Å². The molecular formula is C23H22N2O5S. The summed E-state index contributed by atoms with van der Waals surface area (Å²) in [6.07, 6.45) is 0. The second-order valence-electron chi connectivity index (χ2n) is 7.41. The Hall–Kier alpha value is -3.52. The maximum Gasteiger partial charge on any atom is 0.262 e. The Labute approximate surface area is 181 Å². The fourth-order valence-electron chi connectivity index (χ4n) is 3.22. The van der Waals surface area contributed by atoms with Gasteiger partial charge in [0.05, 0.1) is 4.90 Å². The van der Waals surface area contributed by atoms with Gasteiger partial charge in [0, 0.05) is 23.0 Å². The fourth-order valence-corrected chi connectivity index (χ4v) is 4.54. The van der Waals surface area contributed by atoms with Crippen LogP contribution in [0.4, 0.5) is 11.4 Å². The molecule has 31 heavy (non-hydrogen) atoms. The quantitative estimate of drug-likeness (QED) is 0.616. The van der Waals surface area contributed by atoms with Crippen molar-refractivity contribution < 1.29 is 22.7 Å². The average molecular weight is 439 g/mol. The molecule has 1 heterocycles. The number of ether oxygens (including phenoxy) is 2. The van der Waals surface area contributed by atoms with Gasteiger partial charge in [-0.1, -0.05) is 12.1 Å². The number of carbonyl (C=O) groups is 1. The first-order valence-electron chi connectivity index (χ1n) is 9.65. The normalized spacial score (nSPS) is 12.5. The van der Waals surface area contributed by atoms with Crippen molar-refractivity contribution in [3.05, 3.63) is 76.9 Å². The first-order valence-corrected chi connectivity index (χ1v) is 11.1. The van der Waals surface area contributed by atoms with E-state index in [1.165, 1.54) is 6.07 Å². The summed E-state index contributed by atoms with van der Waals surface area (Å²) in [6.45, 7) is 5.70. The van der Waals surface area contributed by atoms with Gasteiger partial charge in [-0.15, -0.1) is 0 Å². The molecule has 0 spiro atoms. The highest BCUT2D eigenvalue weighted by Crippen LogP contribution is 2.34. The van der Waals surface area contributed by atoms with Crippen LogP contribution in [0, 0.1) is 20.8 Å². The van der Waals surface area contributed by atoms with Gasteiger partial charge >= 0.3 is 0 Å². The summed E-state index contributed by atoms with van der Waals surface area (Å²) in [6, 6.07) is 15.0. The van der Waals surface area contributed by atoms with Crippen molar-refractivity contribution in [2.24, 2.45) is 0 Å². The summed E-state index contributed by atoms with van der Waals surface area (Å²) in [5.74, 6) is 0.725. The molecule has 0 saturated carbocycles. The summed E-state index contributed by atoms with van der Waals surface area (Å²) >= 11 is 0. The Morgan fingerprint density at radius 2 is 1.52 bits per heavy atom. The Bertz CT molecular complexity index is 1290. The summed E-state index contributed by atoms with van der Waals surface area (Å²) < 4.78 is 39.2. The minimum absolute atomic E-state index is 0.0454. The summed E-state index contributed by atoms with van der Waals surface area (Å²) in [4.78, 5) is 12.8. The van der Waals surface area contributed by atoms with Gasteiger partial charge in [-0.25, -0.2) is 8.42 Å². The number of nitrogens with one attached hydrogen (secondary N) is 2.